The number of rotatable bonds is 2. The van der Waals surface area contributed by atoms with Gasteiger partial charge < -0.3 is 9.80 Å². The number of aromatic nitrogens is 4. The lowest BCUT2D eigenvalue weighted by Gasteiger charge is -2.24. The Morgan fingerprint density at radius 1 is 1.14 bits per heavy atom. The minimum absolute atomic E-state index is 0.103. The number of hydrogen-bond donors (Lipinski definition) is 0. The topological polar surface area (TPSA) is 66.6 Å². The average molecular weight is 427 g/mol. The van der Waals surface area contributed by atoms with Crippen LogP contribution in [0, 0.1) is 6.92 Å². The van der Waals surface area contributed by atoms with Crippen molar-refractivity contribution in [1.29, 1.82) is 0 Å². The van der Waals surface area contributed by atoms with Gasteiger partial charge in [-0.1, -0.05) is 17.7 Å². The minimum atomic E-state index is 0.103. The zero-order valence-corrected chi connectivity index (χ0v) is 17.4. The van der Waals surface area contributed by atoms with Gasteiger partial charge in [-0.05, 0) is 43.0 Å². The van der Waals surface area contributed by atoms with Gasteiger partial charge >= 0.3 is 0 Å². The number of fused-ring (bicyclic) bond motifs is 3. The normalized spacial score (nSPS) is 15.2. The van der Waals surface area contributed by atoms with Crippen LogP contribution < -0.4 is 4.90 Å². The first-order chi connectivity index (χ1) is 14.1. The SMILES string of the molecule is Cc1nnc2c3ccc(Cl)cc3nc(N3CCCN(C(=O)c4cccs4)CC3)n12. The van der Waals surface area contributed by atoms with Crippen LogP contribution in [0.3, 0.4) is 0 Å². The molecule has 1 aliphatic heterocycles. The summed E-state index contributed by atoms with van der Waals surface area (Å²) in [6, 6.07) is 9.43. The summed E-state index contributed by atoms with van der Waals surface area (Å²) in [7, 11) is 0. The van der Waals surface area contributed by atoms with Crippen molar-refractivity contribution in [3.63, 3.8) is 0 Å². The molecule has 3 aromatic heterocycles. The Morgan fingerprint density at radius 3 is 2.86 bits per heavy atom. The molecule has 1 aliphatic rings. The first-order valence-electron chi connectivity index (χ1n) is 9.50. The van der Waals surface area contributed by atoms with Crippen LogP contribution >= 0.6 is 22.9 Å². The maximum atomic E-state index is 12.8. The molecule has 9 heteroatoms. The van der Waals surface area contributed by atoms with Gasteiger partial charge in [0.2, 0.25) is 5.95 Å². The van der Waals surface area contributed by atoms with Crippen molar-refractivity contribution >= 4 is 51.3 Å². The molecular weight excluding hydrogens is 408 g/mol. The van der Waals surface area contributed by atoms with Crippen molar-refractivity contribution in [2.45, 2.75) is 13.3 Å². The summed E-state index contributed by atoms with van der Waals surface area (Å²) in [4.78, 5) is 22.6. The Balaban J connectivity index is 1.51. The maximum Gasteiger partial charge on any atom is 0.263 e. The maximum absolute atomic E-state index is 12.8. The fourth-order valence-corrected chi connectivity index (χ4v) is 4.67. The predicted molar refractivity (Wildman–Crippen MR) is 115 cm³/mol. The highest BCUT2D eigenvalue weighted by atomic mass is 35.5. The zero-order valence-electron chi connectivity index (χ0n) is 15.9. The number of thiophene rings is 1. The lowest BCUT2D eigenvalue weighted by molar-refractivity contribution is 0.0772. The van der Waals surface area contributed by atoms with Crippen molar-refractivity contribution in [1.82, 2.24) is 24.5 Å². The molecule has 4 heterocycles. The van der Waals surface area contributed by atoms with E-state index in [1.165, 1.54) is 11.3 Å². The van der Waals surface area contributed by atoms with E-state index in [1.54, 1.807) is 0 Å². The fourth-order valence-electron chi connectivity index (χ4n) is 3.81. The van der Waals surface area contributed by atoms with Gasteiger partial charge in [0.25, 0.3) is 5.91 Å². The number of nitrogens with zero attached hydrogens (tertiary/aromatic N) is 6. The van der Waals surface area contributed by atoms with Crippen LogP contribution in [0.25, 0.3) is 16.6 Å². The molecule has 0 radical (unpaired) electrons. The second-order valence-corrected chi connectivity index (χ2v) is 8.47. The van der Waals surface area contributed by atoms with E-state index in [1.807, 2.05) is 51.9 Å². The standard InChI is InChI=1S/C20H19ClN6OS/c1-13-23-24-18-15-6-5-14(21)12-16(15)22-20(27(13)18)26-8-3-7-25(9-10-26)19(28)17-4-2-11-29-17/h2,4-6,11-12H,3,7-10H2,1H3. The van der Waals surface area contributed by atoms with Gasteiger partial charge in [-0.25, -0.2) is 9.38 Å². The fraction of sp³-hybridized carbons (Fsp3) is 0.300. The van der Waals surface area contributed by atoms with Crippen LogP contribution in [-0.2, 0) is 0 Å². The number of halogens is 1. The summed E-state index contributed by atoms with van der Waals surface area (Å²) >= 11 is 7.69. The number of anilines is 1. The first-order valence-corrected chi connectivity index (χ1v) is 10.8. The van der Waals surface area contributed by atoms with Gasteiger partial charge in [0, 0.05) is 36.6 Å². The third kappa shape index (κ3) is 3.22. The molecule has 0 atom stereocenters. The average Bonchev–Trinajstić information content (AvgIpc) is 3.31. The Hall–Kier alpha value is -2.71. The largest absolute Gasteiger partial charge is 0.340 e. The predicted octanol–water partition coefficient (Wildman–Crippen LogP) is 3.65. The number of amides is 1. The minimum Gasteiger partial charge on any atom is -0.340 e. The third-order valence-corrected chi connectivity index (χ3v) is 6.34. The van der Waals surface area contributed by atoms with Crippen LogP contribution in [0.5, 0.6) is 0 Å². The van der Waals surface area contributed by atoms with E-state index < -0.39 is 0 Å². The molecule has 148 valence electrons. The van der Waals surface area contributed by atoms with Gasteiger partial charge in [0.1, 0.15) is 5.82 Å². The summed E-state index contributed by atoms with van der Waals surface area (Å²) in [5.41, 5.74) is 1.57. The highest BCUT2D eigenvalue weighted by Gasteiger charge is 2.24. The van der Waals surface area contributed by atoms with Gasteiger partial charge in [-0.3, -0.25) is 4.79 Å². The lowest BCUT2D eigenvalue weighted by Crippen LogP contribution is -2.35. The van der Waals surface area contributed by atoms with Gasteiger partial charge in [0.05, 0.1) is 10.4 Å². The summed E-state index contributed by atoms with van der Waals surface area (Å²) in [5, 5.41) is 12.1. The molecule has 0 N–H and O–H groups in total. The second kappa shape index (κ2) is 7.27. The van der Waals surface area contributed by atoms with Crippen LogP contribution in [0.1, 0.15) is 21.9 Å². The highest BCUT2D eigenvalue weighted by molar-refractivity contribution is 7.12. The molecule has 0 aliphatic carbocycles. The van der Waals surface area contributed by atoms with Crippen molar-refractivity contribution in [3.05, 3.63) is 51.4 Å². The van der Waals surface area contributed by atoms with Crippen LogP contribution in [0.2, 0.25) is 5.02 Å². The summed E-state index contributed by atoms with van der Waals surface area (Å²) in [6.45, 7) is 4.81. The Kier molecular flexibility index (Phi) is 4.60. The molecule has 0 unspecified atom stereocenters. The number of carbonyl (C=O) groups excluding carboxylic acids is 1. The number of hydrogen-bond acceptors (Lipinski definition) is 6. The smallest absolute Gasteiger partial charge is 0.263 e. The molecule has 0 saturated carbocycles. The molecule has 7 nitrogen and oxygen atoms in total. The molecule has 5 rings (SSSR count). The van der Waals surface area contributed by atoms with Gasteiger partial charge in [-0.15, -0.1) is 21.5 Å². The Bertz CT molecular complexity index is 1200. The van der Waals surface area contributed by atoms with Crippen LogP contribution in [0.4, 0.5) is 5.95 Å². The van der Waals surface area contributed by atoms with E-state index in [0.29, 0.717) is 18.1 Å². The van der Waals surface area contributed by atoms with E-state index >= 15 is 0 Å². The number of benzene rings is 1. The number of aryl methyl sites for hydroxylation is 1. The monoisotopic (exact) mass is 426 g/mol. The first kappa shape index (κ1) is 18.3. The lowest BCUT2D eigenvalue weighted by atomic mass is 10.2. The zero-order chi connectivity index (χ0) is 20.0. The number of carbonyl (C=O) groups is 1. The molecule has 4 aromatic rings. The molecular formula is C20H19ClN6OS. The molecule has 1 fully saturated rings. The van der Waals surface area contributed by atoms with Gasteiger partial charge in [-0.2, -0.15) is 0 Å². The Labute approximate surface area is 176 Å². The van der Waals surface area contributed by atoms with Crippen molar-refractivity contribution in [2.24, 2.45) is 0 Å². The van der Waals surface area contributed by atoms with E-state index in [-0.39, 0.29) is 5.91 Å². The van der Waals surface area contributed by atoms with Gasteiger partial charge in [0.15, 0.2) is 5.65 Å². The van der Waals surface area contributed by atoms with Crippen LogP contribution in [0.15, 0.2) is 35.7 Å². The second-order valence-electron chi connectivity index (χ2n) is 7.09. The highest BCUT2D eigenvalue weighted by Crippen LogP contribution is 2.27. The van der Waals surface area contributed by atoms with E-state index in [0.717, 1.165) is 52.7 Å². The molecule has 1 amide bonds. The quantitative estimate of drug-likeness (QED) is 0.489. The third-order valence-electron chi connectivity index (χ3n) is 5.24. The van der Waals surface area contributed by atoms with Crippen LogP contribution in [-0.4, -0.2) is 56.6 Å². The Morgan fingerprint density at radius 2 is 2.03 bits per heavy atom. The molecule has 29 heavy (non-hydrogen) atoms. The van der Waals surface area contributed by atoms with E-state index in [9.17, 15) is 4.79 Å². The summed E-state index contributed by atoms with van der Waals surface area (Å²) in [5.74, 6) is 1.68. The van der Waals surface area contributed by atoms with E-state index in [4.69, 9.17) is 16.6 Å². The van der Waals surface area contributed by atoms with Crippen molar-refractivity contribution < 1.29 is 4.79 Å². The molecule has 0 spiro atoms. The van der Waals surface area contributed by atoms with Crippen molar-refractivity contribution in [3.8, 4) is 0 Å². The molecule has 1 aromatic carbocycles. The summed E-state index contributed by atoms with van der Waals surface area (Å²) < 4.78 is 1.99. The molecule has 0 bridgehead atoms. The molecule has 1 saturated heterocycles. The summed E-state index contributed by atoms with van der Waals surface area (Å²) in [6.07, 6.45) is 0.870. The van der Waals surface area contributed by atoms with E-state index in [2.05, 4.69) is 15.1 Å². The van der Waals surface area contributed by atoms with Crippen molar-refractivity contribution in [2.75, 3.05) is 31.1 Å².